The third-order valence-corrected chi connectivity index (χ3v) is 3.17. The Balaban J connectivity index is 2.12. The van der Waals surface area contributed by atoms with Crippen LogP contribution in [-0.2, 0) is 6.61 Å². The maximum atomic E-state index is 12.3. The molecular formula is C11H10BrFN2O2S. The van der Waals surface area contributed by atoms with E-state index in [0.717, 1.165) is 10.0 Å². The van der Waals surface area contributed by atoms with Gasteiger partial charge in [0.25, 0.3) is 0 Å². The number of aromatic nitrogens is 2. The smallest absolute Gasteiger partial charge is 0.234 e. The normalized spacial score (nSPS) is 10.4. The van der Waals surface area contributed by atoms with Gasteiger partial charge >= 0.3 is 0 Å². The fraction of sp³-hybridized carbons (Fsp3) is 0.182. The van der Waals surface area contributed by atoms with E-state index >= 15 is 0 Å². The van der Waals surface area contributed by atoms with Crippen LogP contribution in [-0.4, -0.2) is 16.0 Å². The molecule has 0 unspecified atom stereocenters. The highest BCUT2D eigenvalue weighted by Gasteiger charge is 2.09. The topological polar surface area (TPSA) is 36.3 Å². The molecule has 18 heavy (non-hydrogen) atoms. The zero-order valence-electron chi connectivity index (χ0n) is 9.22. The van der Waals surface area contributed by atoms with Crippen molar-refractivity contribution >= 4 is 28.7 Å². The predicted octanol–water partition coefficient (Wildman–Crippen LogP) is 3.22. The number of benzene rings is 1. The quantitative estimate of drug-likeness (QED) is 0.854. The summed E-state index contributed by atoms with van der Waals surface area (Å²) in [6.45, 7) is -0.656. The van der Waals surface area contributed by atoms with E-state index < -0.39 is 6.86 Å². The Kier molecular flexibility index (Phi) is 4.48. The Labute approximate surface area is 117 Å². The maximum absolute atomic E-state index is 12.3. The van der Waals surface area contributed by atoms with Gasteiger partial charge in [-0.15, -0.1) is 5.10 Å². The Morgan fingerprint density at radius 2 is 2.17 bits per heavy atom. The fourth-order valence-corrected chi connectivity index (χ4v) is 2.01. The van der Waals surface area contributed by atoms with Gasteiger partial charge in [-0.2, -0.15) is 0 Å². The molecule has 0 N–H and O–H groups in total. The molecule has 0 saturated carbocycles. The zero-order chi connectivity index (χ0) is 13.0. The van der Waals surface area contributed by atoms with E-state index in [9.17, 15) is 4.39 Å². The third-order valence-electron chi connectivity index (χ3n) is 2.20. The number of nitrogens with zero attached hydrogens (tertiary/aromatic N) is 2. The molecule has 0 aliphatic rings. The molecule has 4 nitrogen and oxygen atoms in total. The van der Waals surface area contributed by atoms with Crippen molar-refractivity contribution < 1.29 is 13.9 Å². The SMILES string of the molecule is FCOc1cccc(Br)c1COc1ccn(S)n1. The molecule has 2 aromatic rings. The van der Waals surface area contributed by atoms with Crippen LogP contribution in [0.15, 0.2) is 34.9 Å². The van der Waals surface area contributed by atoms with Gasteiger partial charge in [-0.25, -0.2) is 8.48 Å². The van der Waals surface area contributed by atoms with E-state index in [1.165, 1.54) is 4.09 Å². The lowest BCUT2D eigenvalue weighted by Crippen LogP contribution is -2.02. The largest absolute Gasteiger partial charge is 0.472 e. The highest BCUT2D eigenvalue weighted by atomic mass is 79.9. The molecule has 0 radical (unpaired) electrons. The van der Waals surface area contributed by atoms with Crippen LogP contribution in [0.5, 0.6) is 11.6 Å². The molecule has 0 spiro atoms. The highest BCUT2D eigenvalue weighted by molar-refractivity contribution is 9.10. The van der Waals surface area contributed by atoms with Gasteiger partial charge in [0, 0.05) is 22.3 Å². The second-order valence-electron chi connectivity index (χ2n) is 3.33. The molecule has 2 rings (SSSR count). The lowest BCUT2D eigenvalue weighted by atomic mass is 10.2. The van der Waals surface area contributed by atoms with Gasteiger partial charge in [-0.05, 0) is 24.9 Å². The monoisotopic (exact) mass is 332 g/mol. The second kappa shape index (κ2) is 6.10. The molecule has 0 aliphatic heterocycles. The van der Waals surface area contributed by atoms with Crippen molar-refractivity contribution in [2.45, 2.75) is 6.61 Å². The number of halogens is 2. The number of rotatable bonds is 5. The van der Waals surface area contributed by atoms with Gasteiger partial charge in [0.1, 0.15) is 12.4 Å². The summed E-state index contributed by atoms with van der Waals surface area (Å²) in [5.74, 6) is 0.879. The van der Waals surface area contributed by atoms with Crippen LogP contribution in [0.3, 0.4) is 0 Å². The van der Waals surface area contributed by atoms with Crippen LogP contribution in [0.25, 0.3) is 0 Å². The predicted molar refractivity (Wildman–Crippen MR) is 71.7 cm³/mol. The average Bonchev–Trinajstić information content (AvgIpc) is 2.75. The highest BCUT2D eigenvalue weighted by Crippen LogP contribution is 2.28. The van der Waals surface area contributed by atoms with Gasteiger partial charge in [0.2, 0.25) is 12.7 Å². The second-order valence-corrected chi connectivity index (χ2v) is 4.60. The molecule has 1 aromatic heterocycles. The lowest BCUT2D eigenvalue weighted by molar-refractivity contribution is 0.185. The summed E-state index contributed by atoms with van der Waals surface area (Å²) in [6, 6.07) is 6.96. The minimum absolute atomic E-state index is 0.224. The first-order valence-electron chi connectivity index (χ1n) is 5.04. The van der Waals surface area contributed by atoms with Crippen molar-refractivity contribution in [1.29, 1.82) is 0 Å². The fourth-order valence-electron chi connectivity index (χ4n) is 1.39. The van der Waals surface area contributed by atoms with Crippen LogP contribution in [0.1, 0.15) is 5.56 Å². The van der Waals surface area contributed by atoms with Crippen molar-refractivity contribution in [3.8, 4) is 11.6 Å². The van der Waals surface area contributed by atoms with E-state index in [2.05, 4.69) is 33.8 Å². The molecule has 0 bridgehead atoms. The number of ether oxygens (including phenoxy) is 2. The van der Waals surface area contributed by atoms with Crippen molar-refractivity contribution in [3.05, 3.63) is 40.5 Å². The summed E-state index contributed by atoms with van der Waals surface area (Å²) in [7, 11) is 0. The standard InChI is InChI=1S/C11H10BrFN2O2S/c12-9-2-1-3-10(17-7-13)8(9)6-16-11-4-5-15(18)14-11/h1-5,18H,6-7H2. The van der Waals surface area contributed by atoms with Crippen LogP contribution in [0.4, 0.5) is 4.39 Å². The van der Waals surface area contributed by atoms with E-state index in [1.54, 1.807) is 24.4 Å². The third kappa shape index (κ3) is 3.17. The van der Waals surface area contributed by atoms with Crippen LogP contribution < -0.4 is 9.47 Å². The molecule has 96 valence electrons. The first-order valence-corrected chi connectivity index (χ1v) is 6.24. The number of hydrogen-bond acceptors (Lipinski definition) is 4. The summed E-state index contributed by atoms with van der Waals surface area (Å²) in [6.07, 6.45) is 1.65. The average molecular weight is 333 g/mol. The molecule has 7 heteroatoms. The minimum Gasteiger partial charge on any atom is -0.472 e. The molecule has 1 heterocycles. The number of hydrogen-bond donors (Lipinski definition) is 1. The van der Waals surface area contributed by atoms with E-state index in [4.69, 9.17) is 9.47 Å². The summed E-state index contributed by atoms with van der Waals surface area (Å²) in [5.41, 5.74) is 0.726. The van der Waals surface area contributed by atoms with Crippen LogP contribution in [0.2, 0.25) is 0 Å². The Morgan fingerprint density at radius 1 is 1.33 bits per heavy atom. The first-order chi connectivity index (χ1) is 8.70. The van der Waals surface area contributed by atoms with Crippen LogP contribution in [0, 0.1) is 0 Å². The Bertz CT molecular complexity index is 536. The maximum Gasteiger partial charge on any atom is 0.234 e. The van der Waals surface area contributed by atoms with Gasteiger partial charge in [0.15, 0.2) is 0 Å². The molecule has 0 amide bonds. The van der Waals surface area contributed by atoms with E-state index in [-0.39, 0.29) is 6.61 Å². The number of alkyl halides is 1. The zero-order valence-corrected chi connectivity index (χ0v) is 11.7. The summed E-state index contributed by atoms with van der Waals surface area (Å²) in [4.78, 5) is 0. The molecule has 0 atom stereocenters. The summed E-state index contributed by atoms with van der Waals surface area (Å²) < 4.78 is 24.7. The summed E-state index contributed by atoms with van der Waals surface area (Å²) >= 11 is 7.37. The van der Waals surface area contributed by atoms with E-state index in [1.807, 2.05) is 6.07 Å². The number of thiol groups is 1. The summed E-state index contributed by atoms with van der Waals surface area (Å²) in [5, 5.41) is 3.96. The first kappa shape index (κ1) is 13.2. The van der Waals surface area contributed by atoms with Gasteiger partial charge < -0.3 is 9.47 Å². The van der Waals surface area contributed by atoms with Crippen molar-refractivity contribution in [3.63, 3.8) is 0 Å². The lowest BCUT2D eigenvalue weighted by Gasteiger charge is -2.11. The molecule has 0 saturated heterocycles. The van der Waals surface area contributed by atoms with E-state index in [0.29, 0.717) is 11.6 Å². The van der Waals surface area contributed by atoms with Crippen molar-refractivity contribution in [2.75, 3.05) is 6.86 Å². The van der Waals surface area contributed by atoms with Crippen LogP contribution >= 0.6 is 28.7 Å². The molecule has 1 aromatic carbocycles. The Morgan fingerprint density at radius 3 is 2.83 bits per heavy atom. The van der Waals surface area contributed by atoms with Crippen molar-refractivity contribution in [2.24, 2.45) is 0 Å². The van der Waals surface area contributed by atoms with Gasteiger partial charge in [-0.3, -0.25) is 0 Å². The van der Waals surface area contributed by atoms with Gasteiger partial charge in [-0.1, -0.05) is 22.0 Å². The minimum atomic E-state index is -0.880. The molecular weight excluding hydrogens is 323 g/mol. The molecule has 0 aliphatic carbocycles. The molecule has 0 fully saturated rings. The van der Waals surface area contributed by atoms with Gasteiger partial charge in [0.05, 0.1) is 0 Å². The van der Waals surface area contributed by atoms with Crippen molar-refractivity contribution in [1.82, 2.24) is 9.19 Å². The Hall–Kier alpha value is -1.21.